The van der Waals surface area contributed by atoms with Gasteiger partial charge in [-0.05, 0) is 42.5 Å². The van der Waals surface area contributed by atoms with Gasteiger partial charge in [-0.2, -0.15) is 0 Å². The van der Waals surface area contributed by atoms with Crippen LogP contribution in [0.4, 0.5) is 5.69 Å². The van der Waals surface area contributed by atoms with Gasteiger partial charge in [0.15, 0.2) is 0 Å². The van der Waals surface area contributed by atoms with E-state index in [1.165, 1.54) is 33.5 Å². The maximum absolute atomic E-state index is 3.79. The van der Waals surface area contributed by atoms with Crippen LogP contribution >= 0.6 is 0 Å². The zero-order valence-electron chi connectivity index (χ0n) is 11.7. The molecule has 4 rings (SSSR count). The van der Waals surface area contributed by atoms with E-state index < -0.39 is 0 Å². The molecule has 0 saturated heterocycles. The van der Waals surface area contributed by atoms with E-state index in [0.717, 1.165) is 6.42 Å². The van der Waals surface area contributed by atoms with Crippen molar-refractivity contribution in [2.75, 3.05) is 5.32 Å². The molecule has 1 nitrogen and oxygen atoms in total. The summed E-state index contributed by atoms with van der Waals surface area (Å²) in [6, 6.07) is 14.0. The molecule has 2 atom stereocenters. The molecule has 1 heterocycles. The maximum Gasteiger partial charge on any atom is 0.0614 e. The summed E-state index contributed by atoms with van der Waals surface area (Å²) in [5.74, 6) is 0. The zero-order valence-corrected chi connectivity index (χ0v) is 11.7. The van der Waals surface area contributed by atoms with E-state index in [9.17, 15) is 0 Å². The van der Waals surface area contributed by atoms with Crippen molar-refractivity contribution in [3.63, 3.8) is 0 Å². The number of hydrogen-bond donors (Lipinski definition) is 1. The van der Waals surface area contributed by atoms with Crippen LogP contribution in [0.15, 0.2) is 36.4 Å². The van der Waals surface area contributed by atoms with Crippen LogP contribution < -0.4 is 5.32 Å². The smallest absolute Gasteiger partial charge is 0.0614 e. The van der Waals surface area contributed by atoms with Crippen LogP contribution in [0.2, 0.25) is 0 Å². The second-order valence-corrected chi connectivity index (χ2v) is 6.37. The van der Waals surface area contributed by atoms with E-state index in [4.69, 9.17) is 0 Å². The zero-order chi connectivity index (χ0) is 13.2. The summed E-state index contributed by atoms with van der Waals surface area (Å²) in [5.41, 5.74) is 8.83. The lowest BCUT2D eigenvalue weighted by Gasteiger charge is -2.25. The minimum atomic E-state index is 0.218. The Morgan fingerprint density at radius 2 is 1.95 bits per heavy atom. The molecule has 2 unspecified atom stereocenters. The van der Waals surface area contributed by atoms with Crippen molar-refractivity contribution in [3.05, 3.63) is 64.2 Å². The second kappa shape index (κ2) is 3.41. The van der Waals surface area contributed by atoms with Crippen molar-refractivity contribution in [3.8, 4) is 0 Å². The number of aryl methyl sites for hydroxylation is 2. The first-order chi connectivity index (χ1) is 9.09. The molecule has 0 aromatic heterocycles. The van der Waals surface area contributed by atoms with Crippen molar-refractivity contribution in [1.29, 1.82) is 0 Å². The number of anilines is 1. The van der Waals surface area contributed by atoms with E-state index in [-0.39, 0.29) is 5.41 Å². The molecule has 19 heavy (non-hydrogen) atoms. The summed E-state index contributed by atoms with van der Waals surface area (Å²) in [6.07, 6.45) is 1.15. The van der Waals surface area contributed by atoms with Crippen LogP contribution in [0.1, 0.15) is 40.8 Å². The van der Waals surface area contributed by atoms with Gasteiger partial charge in [-0.25, -0.2) is 0 Å². The number of fused-ring (bicyclic) bond motifs is 5. The molecule has 0 radical (unpaired) electrons. The lowest BCUT2D eigenvalue weighted by Crippen LogP contribution is -2.24. The van der Waals surface area contributed by atoms with Crippen molar-refractivity contribution in [1.82, 2.24) is 0 Å². The van der Waals surface area contributed by atoms with Gasteiger partial charge in [0.05, 0.1) is 6.04 Å². The topological polar surface area (TPSA) is 12.0 Å². The molecule has 0 bridgehead atoms. The third kappa shape index (κ3) is 1.30. The van der Waals surface area contributed by atoms with Crippen LogP contribution in [0, 0.1) is 13.8 Å². The SMILES string of the molecule is Cc1cc(C)c2c(c1)C1(C)Cc3ccccc3C1N2. The van der Waals surface area contributed by atoms with Crippen LogP contribution in [0.25, 0.3) is 0 Å². The largest absolute Gasteiger partial charge is 0.377 e. The Balaban J connectivity index is 1.94. The molecule has 2 aromatic rings. The first-order valence-electron chi connectivity index (χ1n) is 7.06. The molecule has 0 saturated carbocycles. The third-order valence-corrected chi connectivity index (χ3v) is 4.94. The molecule has 2 aliphatic rings. The molecule has 1 aliphatic heterocycles. The lowest BCUT2D eigenvalue weighted by molar-refractivity contribution is 0.464. The van der Waals surface area contributed by atoms with Crippen LogP contribution in [0.3, 0.4) is 0 Å². The van der Waals surface area contributed by atoms with Gasteiger partial charge in [0.2, 0.25) is 0 Å². The van der Waals surface area contributed by atoms with Gasteiger partial charge in [0.25, 0.3) is 0 Å². The Labute approximate surface area is 114 Å². The van der Waals surface area contributed by atoms with Crippen LogP contribution in [-0.4, -0.2) is 0 Å². The predicted molar refractivity (Wildman–Crippen MR) is 79.8 cm³/mol. The molecule has 1 heteroatoms. The fourth-order valence-corrected chi connectivity index (χ4v) is 4.06. The Kier molecular flexibility index (Phi) is 1.99. The standard InChI is InChI=1S/C18H19N/c1-11-8-12(2)16-15(9-11)18(3)10-13-6-4-5-7-14(13)17(18)19-16/h4-9,17,19H,10H2,1-3H3. The van der Waals surface area contributed by atoms with Crippen molar-refractivity contribution >= 4 is 5.69 Å². The second-order valence-electron chi connectivity index (χ2n) is 6.37. The first-order valence-corrected chi connectivity index (χ1v) is 7.06. The van der Waals surface area contributed by atoms with Gasteiger partial charge < -0.3 is 5.32 Å². The molecule has 1 aliphatic carbocycles. The molecule has 1 N–H and O–H groups in total. The number of hydrogen-bond acceptors (Lipinski definition) is 1. The van der Waals surface area contributed by atoms with E-state index in [1.54, 1.807) is 0 Å². The molecule has 0 amide bonds. The molecule has 2 aromatic carbocycles. The van der Waals surface area contributed by atoms with Gasteiger partial charge in [-0.3, -0.25) is 0 Å². The van der Waals surface area contributed by atoms with Gasteiger partial charge in [-0.1, -0.05) is 48.9 Å². The Hall–Kier alpha value is -1.76. The lowest BCUT2D eigenvalue weighted by atomic mass is 9.78. The average molecular weight is 249 g/mol. The molecular formula is C18H19N. The molecule has 96 valence electrons. The summed E-state index contributed by atoms with van der Waals surface area (Å²) in [6.45, 7) is 6.83. The van der Waals surface area contributed by atoms with Crippen molar-refractivity contribution in [2.45, 2.75) is 38.6 Å². The highest BCUT2D eigenvalue weighted by atomic mass is 15.0. The number of nitrogens with one attached hydrogen (secondary N) is 1. The minimum absolute atomic E-state index is 0.218. The highest BCUT2D eigenvalue weighted by Gasteiger charge is 2.49. The molecule has 0 spiro atoms. The summed E-state index contributed by atoms with van der Waals surface area (Å²) in [7, 11) is 0. The predicted octanol–water partition coefficient (Wildman–Crippen LogP) is 4.28. The summed E-state index contributed by atoms with van der Waals surface area (Å²) < 4.78 is 0. The van der Waals surface area contributed by atoms with E-state index in [0.29, 0.717) is 6.04 Å². The van der Waals surface area contributed by atoms with E-state index in [2.05, 4.69) is 62.5 Å². The summed E-state index contributed by atoms with van der Waals surface area (Å²) >= 11 is 0. The summed E-state index contributed by atoms with van der Waals surface area (Å²) in [5, 5.41) is 3.79. The monoisotopic (exact) mass is 249 g/mol. The van der Waals surface area contributed by atoms with Gasteiger partial charge in [0.1, 0.15) is 0 Å². The normalized spacial score (nSPS) is 26.6. The van der Waals surface area contributed by atoms with Crippen LogP contribution in [0.5, 0.6) is 0 Å². The Morgan fingerprint density at radius 3 is 2.79 bits per heavy atom. The first kappa shape index (κ1) is 11.1. The average Bonchev–Trinajstić information content (AvgIpc) is 2.80. The Bertz CT molecular complexity index is 686. The molecular weight excluding hydrogens is 230 g/mol. The van der Waals surface area contributed by atoms with E-state index >= 15 is 0 Å². The Morgan fingerprint density at radius 1 is 1.16 bits per heavy atom. The number of rotatable bonds is 0. The minimum Gasteiger partial charge on any atom is -0.377 e. The fraction of sp³-hybridized carbons (Fsp3) is 0.333. The summed E-state index contributed by atoms with van der Waals surface area (Å²) in [4.78, 5) is 0. The van der Waals surface area contributed by atoms with Crippen molar-refractivity contribution in [2.24, 2.45) is 0 Å². The highest BCUT2D eigenvalue weighted by Crippen LogP contribution is 2.56. The van der Waals surface area contributed by atoms with Gasteiger partial charge >= 0.3 is 0 Å². The van der Waals surface area contributed by atoms with Gasteiger partial charge in [0, 0.05) is 11.1 Å². The van der Waals surface area contributed by atoms with Gasteiger partial charge in [-0.15, -0.1) is 0 Å². The third-order valence-electron chi connectivity index (χ3n) is 4.94. The molecule has 0 fully saturated rings. The van der Waals surface area contributed by atoms with Crippen molar-refractivity contribution < 1.29 is 0 Å². The highest BCUT2D eigenvalue weighted by molar-refractivity contribution is 5.70. The maximum atomic E-state index is 3.79. The quantitative estimate of drug-likeness (QED) is 0.734. The fourth-order valence-electron chi connectivity index (χ4n) is 4.06. The van der Waals surface area contributed by atoms with E-state index in [1.807, 2.05) is 0 Å². The van der Waals surface area contributed by atoms with Crippen LogP contribution in [-0.2, 0) is 11.8 Å². The number of benzene rings is 2.